The zero-order valence-corrected chi connectivity index (χ0v) is 15.3. The number of nitrogens with one attached hydrogen (secondary N) is 1. The third-order valence-corrected chi connectivity index (χ3v) is 4.65. The Morgan fingerprint density at radius 1 is 1.36 bits per heavy atom. The Kier molecular flexibility index (Phi) is 6.38. The first-order valence-corrected chi connectivity index (χ1v) is 8.85. The molecule has 3 N–H and O–H groups in total. The summed E-state index contributed by atoms with van der Waals surface area (Å²) in [6.07, 6.45) is 0.769. The second-order valence-electron chi connectivity index (χ2n) is 8.16. The molecule has 2 rings (SSSR count). The van der Waals surface area contributed by atoms with Gasteiger partial charge in [0.25, 0.3) is 5.91 Å². The van der Waals surface area contributed by atoms with E-state index in [-0.39, 0.29) is 29.1 Å². The molecule has 4 nitrogen and oxygen atoms in total. The van der Waals surface area contributed by atoms with Crippen LogP contribution in [0.3, 0.4) is 0 Å². The molecule has 0 unspecified atom stereocenters. The highest BCUT2D eigenvalue weighted by Gasteiger charge is 2.29. The molecule has 1 fully saturated rings. The molecule has 6 heteroatoms. The lowest BCUT2D eigenvalue weighted by atomic mass is 9.90. The molecule has 25 heavy (non-hydrogen) atoms. The van der Waals surface area contributed by atoms with Crippen molar-refractivity contribution in [2.45, 2.75) is 39.8 Å². The fourth-order valence-electron chi connectivity index (χ4n) is 3.01. The predicted octanol–water partition coefficient (Wildman–Crippen LogP) is 3.23. The number of carbonyl (C=O) groups is 1. The van der Waals surface area contributed by atoms with Crippen LogP contribution in [0.4, 0.5) is 14.5 Å². The molecule has 0 aromatic heterocycles. The van der Waals surface area contributed by atoms with Crippen LogP contribution in [0.5, 0.6) is 0 Å². The molecule has 1 aliphatic heterocycles. The summed E-state index contributed by atoms with van der Waals surface area (Å²) in [6.45, 7) is 8.94. The SMILES string of the molecule is CC(C)(C)CCN1CC[C@@H](CNC(=O)c2cc(N)cc(F)c2)[C@@H](F)C1. The molecule has 1 amide bonds. The largest absolute Gasteiger partial charge is 0.399 e. The van der Waals surface area contributed by atoms with Crippen molar-refractivity contribution >= 4 is 11.6 Å². The third-order valence-electron chi connectivity index (χ3n) is 4.65. The average molecular weight is 353 g/mol. The number of carbonyl (C=O) groups excluding carboxylic acids is 1. The lowest BCUT2D eigenvalue weighted by molar-refractivity contribution is 0.0724. The van der Waals surface area contributed by atoms with Crippen molar-refractivity contribution < 1.29 is 13.6 Å². The van der Waals surface area contributed by atoms with Gasteiger partial charge >= 0.3 is 0 Å². The first-order chi connectivity index (χ1) is 11.6. The molecule has 0 spiro atoms. The molecule has 2 atom stereocenters. The third kappa shape index (κ3) is 6.27. The summed E-state index contributed by atoms with van der Waals surface area (Å²) >= 11 is 0. The van der Waals surface area contributed by atoms with E-state index in [0.717, 1.165) is 31.6 Å². The van der Waals surface area contributed by atoms with Crippen molar-refractivity contribution in [3.05, 3.63) is 29.6 Å². The number of benzene rings is 1. The molecular formula is C19H29F2N3O. The second kappa shape index (κ2) is 8.13. The Balaban J connectivity index is 1.81. The van der Waals surface area contributed by atoms with Gasteiger partial charge in [0.1, 0.15) is 12.0 Å². The van der Waals surface area contributed by atoms with E-state index < -0.39 is 17.9 Å². The molecule has 0 radical (unpaired) electrons. The number of hydrogen-bond donors (Lipinski definition) is 2. The number of nitrogens with two attached hydrogens (primary N) is 1. The number of amides is 1. The minimum absolute atomic E-state index is 0.163. The van der Waals surface area contributed by atoms with Crippen LogP contribution in [-0.2, 0) is 0 Å². The van der Waals surface area contributed by atoms with E-state index in [0.29, 0.717) is 13.0 Å². The molecule has 0 aliphatic carbocycles. The minimum Gasteiger partial charge on any atom is -0.399 e. The Hall–Kier alpha value is -1.69. The number of alkyl halides is 1. The number of nitrogens with zero attached hydrogens (tertiary/aromatic N) is 1. The Morgan fingerprint density at radius 3 is 2.68 bits per heavy atom. The van der Waals surface area contributed by atoms with Crippen molar-refractivity contribution in [3.8, 4) is 0 Å². The van der Waals surface area contributed by atoms with E-state index >= 15 is 0 Å². The van der Waals surface area contributed by atoms with Crippen LogP contribution in [0.2, 0.25) is 0 Å². The molecule has 1 aromatic rings. The van der Waals surface area contributed by atoms with E-state index in [1.54, 1.807) is 0 Å². The van der Waals surface area contributed by atoms with Crippen LogP contribution in [0.1, 0.15) is 44.0 Å². The Labute approximate surface area is 148 Å². The maximum Gasteiger partial charge on any atom is 0.251 e. The monoisotopic (exact) mass is 353 g/mol. The quantitative estimate of drug-likeness (QED) is 0.799. The fourth-order valence-corrected chi connectivity index (χ4v) is 3.01. The molecule has 0 saturated carbocycles. The number of nitrogen functional groups attached to an aromatic ring is 1. The van der Waals surface area contributed by atoms with Gasteiger partial charge in [0, 0.05) is 30.3 Å². The predicted molar refractivity (Wildman–Crippen MR) is 96.7 cm³/mol. The number of piperidine rings is 1. The number of likely N-dealkylation sites (tertiary alicyclic amines) is 1. The zero-order valence-electron chi connectivity index (χ0n) is 15.3. The van der Waals surface area contributed by atoms with Crippen LogP contribution >= 0.6 is 0 Å². The number of rotatable bonds is 5. The summed E-state index contributed by atoms with van der Waals surface area (Å²) in [6, 6.07) is 3.70. The van der Waals surface area contributed by atoms with Gasteiger partial charge in [-0.15, -0.1) is 0 Å². The maximum atomic E-state index is 14.4. The maximum absolute atomic E-state index is 14.4. The highest BCUT2D eigenvalue weighted by Crippen LogP contribution is 2.24. The lowest BCUT2D eigenvalue weighted by Gasteiger charge is -2.36. The summed E-state index contributed by atoms with van der Waals surface area (Å²) in [4.78, 5) is 14.3. The van der Waals surface area contributed by atoms with Gasteiger partial charge in [0.2, 0.25) is 0 Å². The molecule has 140 valence electrons. The zero-order chi connectivity index (χ0) is 18.6. The standard InChI is InChI=1S/C19H29F2N3O/c1-19(2,3)5-7-24-6-4-13(17(21)12-24)11-23-18(25)14-8-15(20)10-16(22)9-14/h8-10,13,17H,4-7,11-12,22H2,1-3H3,(H,23,25)/t13-,17-/m0/s1. The van der Waals surface area contributed by atoms with E-state index in [4.69, 9.17) is 5.73 Å². The highest BCUT2D eigenvalue weighted by atomic mass is 19.1. The fraction of sp³-hybridized carbons (Fsp3) is 0.632. The molecule has 1 aromatic carbocycles. The summed E-state index contributed by atoms with van der Waals surface area (Å²) in [5.41, 5.74) is 6.14. The van der Waals surface area contributed by atoms with Gasteiger partial charge < -0.3 is 16.0 Å². The number of halogens is 2. The van der Waals surface area contributed by atoms with Crippen molar-refractivity contribution in [3.63, 3.8) is 0 Å². The van der Waals surface area contributed by atoms with E-state index in [1.165, 1.54) is 6.07 Å². The number of hydrogen-bond acceptors (Lipinski definition) is 3. The summed E-state index contributed by atoms with van der Waals surface area (Å²) in [5.74, 6) is -1.19. The van der Waals surface area contributed by atoms with Gasteiger partial charge in [-0.2, -0.15) is 0 Å². The Morgan fingerprint density at radius 2 is 2.08 bits per heavy atom. The van der Waals surface area contributed by atoms with E-state index in [1.807, 2.05) is 0 Å². The van der Waals surface area contributed by atoms with Crippen LogP contribution in [-0.4, -0.2) is 43.2 Å². The summed E-state index contributed by atoms with van der Waals surface area (Å²) < 4.78 is 27.7. The van der Waals surface area contributed by atoms with Crippen molar-refractivity contribution in [2.24, 2.45) is 11.3 Å². The van der Waals surface area contributed by atoms with Crippen LogP contribution in [0, 0.1) is 17.2 Å². The van der Waals surface area contributed by atoms with Crippen molar-refractivity contribution in [1.29, 1.82) is 0 Å². The number of anilines is 1. The van der Waals surface area contributed by atoms with Crippen molar-refractivity contribution in [2.75, 3.05) is 31.9 Å². The average Bonchev–Trinajstić information content (AvgIpc) is 2.50. The van der Waals surface area contributed by atoms with Crippen molar-refractivity contribution in [1.82, 2.24) is 10.2 Å². The van der Waals surface area contributed by atoms with Crippen LogP contribution in [0.25, 0.3) is 0 Å². The molecular weight excluding hydrogens is 324 g/mol. The molecule has 1 heterocycles. The van der Waals surface area contributed by atoms with Crippen LogP contribution in [0.15, 0.2) is 18.2 Å². The molecule has 0 bridgehead atoms. The summed E-state index contributed by atoms with van der Waals surface area (Å²) in [7, 11) is 0. The Bertz CT molecular complexity index is 581. The van der Waals surface area contributed by atoms with E-state index in [2.05, 4.69) is 31.0 Å². The van der Waals surface area contributed by atoms with Gasteiger partial charge in [-0.1, -0.05) is 20.8 Å². The first kappa shape index (κ1) is 19.6. The second-order valence-corrected chi connectivity index (χ2v) is 8.16. The van der Waals surface area contributed by atoms with E-state index in [9.17, 15) is 13.6 Å². The van der Waals surface area contributed by atoms with Gasteiger partial charge in [-0.05, 0) is 49.5 Å². The van der Waals surface area contributed by atoms with Gasteiger partial charge in [-0.3, -0.25) is 4.79 Å². The van der Waals surface area contributed by atoms with Crippen LogP contribution < -0.4 is 11.1 Å². The lowest BCUT2D eigenvalue weighted by Crippen LogP contribution is -2.46. The molecule has 1 aliphatic rings. The van der Waals surface area contributed by atoms with Gasteiger partial charge in [0.15, 0.2) is 0 Å². The normalized spacial score (nSPS) is 22.0. The summed E-state index contributed by atoms with van der Waals surface area (Å²) in [5, 5.41) is 2.70. The first-order valence-electron chi connectivity index (χ1n) is 8.85. The topological polar surface area (TPSA) is 58.4 Å². The highest BCUT2D eigenvalue weighted by molar-refractivity contribution is 5.95. The molecule has 1 saturated heterocycles. The minimum atomic E-state index is -0.966. The van der Waals surface area contributed by atoms with Gasteiger partial charge in [0.05, 0.1) is 0 Å². The van der Waals surface area contributed by atoms with Gasteiger partial charge in [-0.25, -0.2) is 8.78 Å². The smallest absolute Gasteiger partial charge is 0.251 e.